The van der Waals surface area contributed by atoms with Gasteiger partial charge in [-0.2, -0.15) is 0 Å². The summed E-state index contributed by atoms with van der Waals surface area (Å²) in [5.74, 6) is 0. The van der Waals surface area contributed by atoms with Crippen molar-refractivity contribution in [1.82, 2.24) is 10.2 Å². The molecular formula is C11H26N2O2. The van der Waals surface area contributed by atoms with E-state index in [9.17, 15) is 0 Å². The molecule has 0 spiro atoms. The molecule has 4 nitrogen and oxygen atoms in total. The lowest BCUT2D eigenvalue weighted by atomic mass is 10.2. The van der Waals surface area contributed by atoms with Crippen molar-refractivity contribution in [1.29, 1.82) is 0 Å². The van der Waals surface area contributed by atoms with Crippen molar-refractivity contribution in [2.45, 2.75) is 19.4 Å². The highest BCUT2D eigenvalue weighted by Crippen LogP contribution is 1.90. The molecule has 0 saturated heterocycles. The second kappa shape index (κ2) is 10.4. The molecule has 15 heavy (non-hydrogen) atoms. The zero-order valence-electron chi connectivity index (χ0n) is 10.6. The number of nitrogens with zero attached hydrogens (tertiary/aromatic N) is 1. The van der Waals surface area contributed by atoms with Gasteiger partial charge in [-0.3, -0.25) is 0 Å². The minimum Gasteiger partial charge on any atom is -0.385 e. The number of likely N-dealkylation sites (N-methyl/N-ethyl adjacent to an activating group) is 1. The van der Waals surface area contributed by atoms with Crippen LogP contribution in [-0.4, -0.2) is 65.1 Å². The molecule has 92 valence electrons. The van der Waals surface area contributed by atoms with Crippen LogP contribution in [-0.2, 0) is 9.47 Å². The number of nitrogens with one attached hydrogen (secondary N) is 1. The quantitative estimate of drug-likeness (QED) is 0.581. The summed E-state index contributed by atoms with van der Waals surface area (Å²) in [6, 6.07) is 0.528. The molecule has 0 aromatic carbocycles. The van der Waals surface area contributed by atoms with Gasteiger partial charge in [0.15, 0.2) is 0 Å². The van der Waals surface area contributed by atoms with Crippen molar-refractivity contribution in [3.63, 3.8) is 0 Å². The molecule has 1 N–H and O–H groups in total. The highest BCUT2D eigenvalue weighted by molar-refractivity contribution is 4.62. The van der Waals surface area contributed by atoms with Crippen LogP contribution in [0.25, 0.3) is 0 Å². The van der Waals surface area contributed by atoms with Crippen LogP contribution in [0.3, 0.4) is 0 Å². The van der Waals surface area contributed by atoms with Gasteiger partial charge in [0.25, 0.3) is 0 Å². The van der Waals surface area contributed by atoms with E-state index in [0.29, 0.717) is 6.04 Å². The summed E-state index contributed by atoms with van der Waals surface area (Å²) in [5, 5.41) is 3.46. The van der Waals surface area contributed by atoms with Gasteiger partial charge in [0.1, 0.15) is 0 Å². The second-order valence-corrected chi connectivity index (χ2v) is 3.93. The molecule has 0 aliphatic rings. The van der Waals surface area contributed by atoms with Crippen molar-refractivity contribution in [2.75, 3.05) is 54.1 Å². The molecule has 4 heteroatoms. The van der Waals surface area contributed by atoms with Crippen LogP contribution < -0.4 is 5.32 Å². The maximum absolute atomic E-state index is 5.03. The third-order valence-corrected chi connectivity index (χ3v) is 2.42. The number of ether oxygens (including phenoxy) is 2. The lowest BCUT2D eigenvalue weighted by Gasteiger charge is -2.18. The van der Waals surface area contributed by atoms with E-state index in [0.717, 1.165) is 39.3 Å². The van der Waals surface area contributed by atoms with Crippen LogP contribution in [0.5, 0.6) is 0 Å². The highest BCUT2D eigenvalue weighted by atomic mass is 16.5. The SMILES string of the molecule is COCCC(C)NCCN(C)CCOC. The van der Waals surface area contributed by atoms with Gasteiger partial charge in [0, 0.05) is 46.5 Å². The van der Waals surface area contributed by atoms with Crippen molar-refractivity contribution in [3.05, 3.63) is 0 Å². The van der Waals surface area contributed by atoms with Gasteiger partial charge < -0.3 is 19.7 Å². The maximum Gasteiger partial charge on any atom is 0.0589 e. The fourth-order valence-corrected chi connectivity index (χ4v) is 1.26. The number of methoxy groups -OCH3 is 2. The average Bonchev–Trinajstić information content (AvgIpc) is 2.23. The summed E-state index contributed by atoms with van der Waals surface area (Å²) in [6.45, 7) is 6.88. The van der Waals surface area contributed by atoms with Gasteiger partial charge in [-0.15, -0.1) is 0 Å². The molecular weight excluding hydrogens is 192 g/mol. The summed E-state index contributed by atoms with van der Waals surface area (Å²) >= 11 is 0. The Morgan fingerprint density at radius 1 is 1.13 bits per heavy atom. The number of rotatable bonds is 10. The Morgan fingerprint density at radius 2 is 1.80 bits per heavy atom. The zero-order chi connectivity index (χ0) is 11.5. The lowest BCUT2D eigenvalue weighted by molar-refractivity contribution is 0.159. The van der Waals surface area contributed by atoms with E-state index in [4.69, 9.17) is 9.47 Å². The first-order chi connectivity index (χ1) is 7.20. The van der Waals surface area contributed by atoms with Gasteiger partial charge in [-0.25, -0.2) is 0 Å². The van der Waals surface area contributed by atoms with Crippen LogP contribution in [0.2, 0.25) is 0 Å². The molecule has 0 aliphatic heterocycles. The Kier molecular flexibility index (Phi) is 10.3. The fraction of sp³-hybridized carbons (Fsp3) is 1.00. The van der Waals surface area contributed by atoms with Crippen molar-refractivity contribution in [2.24, 2.45) is 0 Å². The van der Waals surface area contributed by atoms with Crippen LogP contribution in [0, 0.1) is 0 Å². The summed E-state index contributed by atoms with van der Waals surface area (Å²) in [6.07, 6.45) is 1.07. The van der Waals surface area contributed by atoms with E-state index in [1.807, 2.05) is 0 Å². The standard InChI is InChI=1S/C11H26N2O2/c1-11(5-9-14-3)12-6-7-13(2)8-10-15-4/h11-12H,5-10H2,1-4H3. The van der Waals surface area contributed by atoms with E-state index in [2.05, 4.69) is 24.2 Å². The normalized spacial score (nSPS) is 13.4. The minimum absolute atomic E-state index is 0.528. The van der Waals surface area contributed by atoms with Crippen LogP contribution in [0.4, 0.5) is 0 Å². The summed E-state index contributed by atoms with van der Waals surface area (Å²) in [5.41, 5.74) is 0. The Morgan fingerprint density at radius 3 is 2.40 bits per heavy atom. The molecule has 0 bridgehead atoms. The smallest absolute Gasteiger partial charge is 0.0589 e. The van der Waals surface area contributed by atoms with Crippen molar-refractivity contribution < 1.29 is 9.47 Å². The molecule has 0 aromatic heterocycles. The summed E-state index contributed by atoms with van der Waals surface area (Å²) in [4.78, 5) is 2.26. The maximum atomic E-state index is 5.03. The van der Waals surface area contributed by atoms with Crippen molar-refractivity contribution >= 4 is 0 Å². The molecule has 0 heterocycles. The van der Waals surface area contributed by atoms with Crippen LogP contribution in [0.15, 0.2) is 0 Å². The Hall–Kier alpha value is -0.160. The third-order valence-electron chi connectivity index (χ3n) is 2.42. The average molecular weight is 218 g/mol. The monoisotopic (exact) mass is 218 g/mol. The number of hydrogen-bond acceptors (Lipinski definition) is 4. The lowest BCUT2D eigenvalue weighted by Crippen LogP contribution is -2.35. The Bertz CT molecular complexity index is 120. The molecule has 0 aromatic rings. The molecule has 1 unspecified atom stereocenters. The van der Waals surface area contributed by atoms with E-state index in [1.165, 1.54) is 0 Å². The van der Waals surface area contributed by atoms with E-state index >= 15 is 0 Å². The van der Waals surface area contributed by atoms with Gasteiger partial charge >= 0.3 is 0 Å². The van der Waals surface area contributed by atoms with E-state index in [-0.39, 0.29) is 0 Å². The molecule has 0 rings (SSSR count). The molecule has 0 saturated carbocycles. The predicted molar refractivity (Wildman–Crippen MR) is 63.3 cm³/mol. The summed E-state index contributed by atoms with van der Waals surface area (Å²) in [7, 11) is 5.59. The molecule has 0 amide bonds. The first kappa shape index (κ1) is 14.8. The van der Waals surface area contributed by atoms with Gasteiger partial charge in [-0.05, 0) is 20.4 Å². The largest absolute Gasteiger partial charge is 0.385 e. The first-order valence-electron chi connectivity index (χ1n) is 5.60. The highest BCUT2D eigenvalue weighted by Gasteiger charge is 2.01. The predicted octanol–water partition coefficient (Wildman–Crippen LogP) is 0.579. The third kappa shape index (κ3) is 10.1. The van der Waals surface area contributed by atoms with Crippen molar-refractivity contribution in [3.8, 4) is 0 Å². The fourth-order valence-electron chi connectivity index (χ4n) is 1.26. The first-order valence-corrected chi connectivity index (χ1v) is 5.60. The minimum atomic E-state index is 0.528. The molecule has 0 aliphatic carbocycles. The topological polar surface area (TPSA) is 33.7 Å². The van der Waals surface area contributed by atoms with Crippen LogP contribution in [0.1, 0.15) is 13.3 Å². The van der Waals surface area contributed by atoms with E-state index < -0.39 is 0 Å². The van der Waals surface area contributed by atoms with Gasteiger partial charge in [-0.1, -0.05) is 0 Å². The molecule has 0 fully saturated rings. The van der Waals surface area contributed by atoms with Gasteiger partial charge in [0.2, 0.25) is 0 Å². The molecule has 1 atom stereocenters. The van der Waals surface area contributed by atoms with Crippen LogP contribution >= 0.6 is 0 Å². The Balaban J connectivity index is 3.27. The van der Waals surface area contributed by atoms with Gasteiger partial charge in [0.05, 0.1) is 6.61 Å². The number of hydrogen-bond donors (Lipinski definition) is 1. The molecule has 0 radical (unpaired) electrons. The van der Waals surface area contributed by atoms with E-state index in [1.54, 1.807) is 14.2 Å². The second-order valence-electron chi connectivity index (χ2n) is 3.93. The Labute approximate surface area is 93.9 Å². The zero-order valence-corrected chi connectivity index (χ0v) is 10.6. The summed E-state index contributed by atoms with van der Waals surface area (Å²) < 4.78 is 10.0.